The zero-order chi connectivity index (χ0) is 23.9. The number of amides is 1. The van der Waals surface area contributed by atoms with Gasteiger partial charge in [0, 0.05) is 62.1 Å². The van der Waals surface area contributed by atoms with E-state index in [1.54, 1.807) is 48.9 Å². The van der Waals surface area contributed by atoms with E-state index in [1.165, 1.54) is 25.7 Å². The normalized spacial score (nSPS) is 13.8. The summed E-state index contributed by atoms with van der Waals surface area (Å²) in [5.74, 6) is -0.672. The summed E-state index contributed by atoms with van der Waals surface area (Å²) in [7, 11) is 3.41. The topological polar surface area (TPSA) is 84.3 Å². The number of ether oxygens (including phenoxy) is 1. The van der Waals surface area contributed by atoms with Crippen molar-refractivity contribution < 1.29 is 13.9 Å². The number of piperazine rings is 1. The molecule has 9 heteroatoms. The molecule has 34 heavy (non-hydrogen) atoms. The summed E-state index contributed by atoms with van der Waals surface area (Å²) in [6.45, 7) is 3.04. The summed E-state index contributed by atoms with van der Waals surface area (Å²) in [5.41, 5.74) is 3.01. The van der Waals surface area contributed by atoms with Gasteiger partial charge in [0.15, 0.2) is 5.82 Å². The van der Waals surface area contributed by atoms with Crippen LogP contribution in [0.5, 0.6) is 5.88 Å². The second-order valence-corrected chi connectivity index (χ2v) is 7.85. The Bertz CT molecular complexity index is 1230. The lowest BCUT2D eigenvalue weighted by Gasteiger charge is -2.32. The van der Waals surface area contributed by atoms with E-state index in [1.807, 2.05) is 11.9 Å². The van der Waals surface area contributed by atoms with Crippen LogP contribution < -0.4 is 4.74 Å². The third kappa shape index (κ3) is 5.49. The van der Waals surface area contributed by atoms with Crippen molar-refractivity contribution in [3.63, 3.8) is 0 Å². The van der Waals surface area contributed by atoms with Gasteiger partial charge in [-0.1, -0.05) is 12.1 Å². The highest BCUT2D eigenvalue weighted by Gasteiger charge is 2.21. The van der Waals surface area contributed by atoms with E-state index < -0.39 is 5.82 Å². The van der Waals surface area contributed by atoms with Crippen LogP contribution in [-0.4, -0.2) is 76.0 Å². The van der Waals surface area contributed by atoms with Crippen molar-refractivity contribution in [3.8, 4) is 28.3 Å². The highest BCUT2D eigenvalue weighted by atomic mass is 19.1. The van der Waals surface area contributed by atoms with E-state index >= 15 is 0 Å². The van der Waals surface area contributed by atoms with Gasteiger partial charge in [-0.05, 0) is 36.9 Å². The van der Waals surface area contributed by atoms with Gasteiger partial charge in [-0.3, -0.25) is 9.78 Å². The number of halogens is 1. The molecule has 0 aromatic carbocycles. The Balaban J connectivity index is 1.69. The van der Waals surface area contributed by atoms with E-state index in [4.69, 9.17) is 4.74 Å². The van der Waals surface area contributed by atoms with Crippen LogP contribution in [0.25, 0.3) is 22.4 Å². The number of nitrogens with zero attached hydrogens (tertiary/aromatic N) is 6. The minimum atomic E-state index is -0.554. The number of pyridine rings is 2. The third-order valence-electron chi connectivity index (χ3n) is 5.54. The third-order valence-corrected chi connectivity index (χ3v) is 5.54. The molecule has 1 fully saturated rings. The van der Waals surface area contributed by atoms with Gasteiger partial charge < -0.3 is 14.5 Å². The standard InChI is InChI=1S/C25H25FN6O2/c1-31-8-10-32(11-9-31)25(33)21-12-20(14-28-15-21)23-6-5-18(4-3-7-27-17-30-23)19-13-22(26)24(34-2)29-16-19/h3-7,12-17H,8-11H2,1-2H3. The monoisotopic (exact) mass is 460 g/mol. The fraction of sp³-hybridized carbons (Fsp3) is 0.240. The fourth-order valence-electron chi connectivity index (χ4n) is 3.58. The Morgan fingerprint density at radius 1 is 0.941 bits per heavy atom. The molecule has 174 valence electrons. The maximum Gasteiger partial charge on any atom is 0.255 e. The zero-order valence-electron chi connectivity index (χ0n) is 19.1. The molecule has 0 N–H and O–H groups in total. The molecule has 0 spiro atoms. The summed E-state index contributed by atoms with van der Waals surface area (Å²) < 4.78 is 19.1. The van der Waals surface area contributed by atoms with Gasteiger partial charge in [-0.25, -0.2) is 19.3 Å². The first-order valence-electron chi connectivity index (χ1n) is 10.8. The minimum Gasteiger partial charge on any atom is -0.479 e. The maximum absolute atomic E-state index is 14.2. The molecule has 3 aromatic rings. The number of aromatic nitrogens is 4. The van der Waals surface area contributed by atoms with Crippen LogP contribution >= 0.6 is 0 Å². The molecular weight excluding hydrogens is 435 g/mol. The summed E-state index contributed by atoms with van der Waals surface area (Å²) in [4.78, 5) is 33.9. The SMILES string of the molecule is COc1ncc(-c2cccncnc(-c3cncc(C(=O)N4CCN(C)CC4)c3)cc2)cc1F. The largest absolute Gasteiger partial charge is 0.479 e. The molecule has 0 aliphatic carbocycles. The molecule has 1 aliphatic heterocycles. The first-order chi connectivity index (χ1) is 16.5. The summed E-state index contributed by atoms with van der Waals surface area (Å²) in [6, 6.07) is 10.3. The first kappa shape index (κ1) is 23.2. The molecule has 1 aliphatic rings. The number of methoxy groups -OCH3 is 1. The van der Waals surface area contributed by atoms with Crippen LogP contribution in [0.4, 0.5) is 4.39 Å². The van der Waals surface area contributed by atoms with E-state index in [0.717, 1.165) is 13.1 Å². The molecule has 4 heterocycles. The minimum absolute atomic E-state index is 0.0520. The van der Waals surface area contributed by atoms with E-state index in [2.05, 4.69) is 24.8 Å². The average Bonchev–Trinajstić information content (AvgIpc) is 2.87. The molecular formula is C25H25FN6O2. The van der Waals surface area contributed by atoms with Crippen LogP contribution in [-0.2, 0) is 0 Å². The van der Waals surface area contributed by atoms with E-state index in [-0.39, 0.29) is 11.8 Å². The van der Waals surface area contributed by atoms with Crippen molar-refractivity contribution in [2.45, 2.75) is 0 Å². The van der Waals surface area contributed by atoms with Crippen molar-refractivity contribution in [1.29, 1.82) is 0 Å². The molecule has 0 bridgehead atoms. The van der Waals surface area contributed by atoms with Gasteiger partial charge in [0.05, 0.1) is 18.4 Å². The van der Waals surface area contributed by atoms with Gasteiger partial charge in [0.25, 0.3) is 5.91 Å². The lowest BCUT2D eigenvalue weighted by Crippen LogP contribution is -2.47. The van der Waals surface area contributed by atoms with E-state index in [9.17, 15) is 9.18 Å². The number of carbonyl (C=O) groups is 1. The molecule has 8 nitrogen and oxygen atoms in total. The Labute approximate surface area is 197 Å². The first-order valence-corrected chi connectivity index (χ1v) is 10.8. The van der Waals surface area contributed by atoms with Crippen LogP contribution in [0.1, 0.15) is 10.4 Å². The second-order valence-electron chi connectivity index (χ2n) is 7.85. The van der Waals surface area contributed by atoms with Crippen LogP contribution in [0.15, 0.2) is 67.5 Å². The zero-order valence-corrected chi connectivity index (χ0v) is 19.1. The van der Waals surface area contributed by atoms with Gasteiger partial charge in [0.1, 0.15) is 6.33 Å². The maximum atomic E-state index is 14.2. The number of likely N-dealkylation sites (N-methyl/N-ethyl adjacent to an activating group) is 1. The molecule has 1 amide bonds. The Morgan fingerprint density at radius 3 is 2.53 bits per heavy atom. The van der Waals surface area contributed by atoms with Crippen LogP contribution in [0.3, 0.4) is 0 Å². The predicted molar refractivity (Wildman–Crippen MR) is 126 cm³/mol. The van der Waals surface area contributed by atoms with Gasteiger partial charge in [-0.15, -0.1) is 0 Å². The fourth-order valence-corrected chi connectivity index (χ4v) is 3.58. The van der Waals surface area contributed by atoms with Crippen molar-refractivity contribution in [2.75, 3.05) is 40.3 Å². The average molecular weight is 461 g/mol. The van der Waals surface area contributed by atoms with Crippen LogP contribution in [0.2, 0.25) is 0 Å². The van der Waals surface area contributed by atoms with Gasteiger partial charge in [0.2, 0.25) is 5.88 Å². The second kappa shape index (κ2) is 10.8. The molecule has 3 aromatic heterocycles. The van der Waals surface area contributed by atoms with Crippen molar-refractivity contribution in [3.05, 3.63) is 78.9 Å². The molecule has 0 radical (unpaired) electrons. The smallest absolute Gasteiger partial charge is 0.255 e. The number of rotatable bonds is 4. The van der Waals surface area contributed by atoms with Gasteiger partial charge in [-0.2, -0.15) is 0 Å². The summed E-state index contributed by atoms with van der Waals surface area (Å²) in [6.07, 6.45) is 7.77. The molecule has 1 saturated heterocycles. The van der Waals surface area contributed by atoms with Crippen LogP contribution in [0, 0.1) is 5.82 Å². The number of hydrogen-bond acceptors (Lipinski definition) is 7. The number of carbonyl (C=O) groups excluding carboxylic acids is 1. The Kier molecular flexibility index (Phi) is 7.34. The quantitative estimate of drug-likeness (QED) is 0.591. The molecule has 0 unspecified atom stereocenters. The van der Waals surface area contributed by atoms with Crippen molar-refractivity contribution >= 4 is 5.91 Å². The Hall–Kier alpha value is -3.98. The highest BCUT2D eigenvalue weighted by Crippen LogP contribution is 2.23. The molecule has 0 atom stereocenters. The predicted octanol–water partition coefficient (Wildman–Crippen LogP) is 3.26. The lowest BCUT2D eigenvalue weighted by atomic mass is 10.1. The highest BCUT2D eigenvalue weighted by molar-refractivity contribution is 5.95. The lowest BCUT2D eigenvalue weighted by molar-refractivity contribution is 0.0663. The molecule has 0 saturated carbocycles. The Morgan fingerprint density at radius 2 is 1.76 bits per heavy atom. The number of hydrogen-bond donors (Lipinski definition) is 0. The van der Waals surface area contributed by atoms with Crippen molar-refractivity contribution in [2.24, 2.45) is 0 Å². The molecule has 4 rings (SSSR count). The summed E-state index contributed by atoms with van der Waals surface area (Å²) in [5, 5.41) is 0. The van der Waals surface area contributed by atoms with Crippen molar-refractivity contribution in [1.82, 2.24) is 29.7 Å². The van der Waals surface area contributed by atoms with E-state index in [0.29, 0.717) is 41.0 Å². The van der Waals surface area contributed by atoms with Gasteiger partial charge >= 0.3 is 0 Å². The summed E-state index contributed by atoms with van der Waals surface area (Å²) >= 11 is 0.